The molecule has 2 heterocycles. The predicted molar refractivity (Wildman–Crippen MR) is 90.9 cm³/mol. The van der Waals surface area contributed by atoms with Crippen LogP contribution in [0.15, 0.2) is 48.5 Å². The minimum absolute atomic E-state index is 0.235. The lowest BCUT2D eigenvalue weighted by atomic mass is 10.1. The quantitative estimate of drug-likeness (QED) is 0.791. The number of nitrogens with zero attached hydrogens (tertiary/aromatic N) is 1. The summed E-state index contributed by atoms with van der Waals surface area (Å²) in [5, 5.41) is 0. The summed E-state index contributed by atoms with van der Waals surface area (Å²) < 4.78 is 11.0. The van der Waals surface area contributed by atoms with Crippen LogP contribution in [0, 0.1) is 0 Å². The zero-order valence-electron chi connectivity index (χ0n) is 13.6. The monoisotopic (exact) mass is 323 g/mol. The molecule has 0 radical (unpaired) electrons. The molecule has 1 atom stereocenters. The third-order valence-corrected chi connectivity index (χ3v) is 4.83. The van der Waals surface area contributed by atoms with Crippen LogP contribution in [0.25, 0.3) is 0 Å². The Morgan fingerprint density at radius 1 is 1.17 bits per heavy atom. The summed E-state index contributed by atoms with van der Waals surface area (Å²) in [6.07, 6.45) is 2.38. The first-order chi connectivity index (χ1) is 11.8. The fourth-order valence-electron chi connectivity index (χ4n) is 3.50. The van der Waals surface area contributed by atoms with Crippen LogP contribution in [-0.4, -0.2) is 30.1 Å². The molecule has 2 aliphatic rings. The minimum atomic E-state index is -0.235. The molecule has 0 unspecified atom stereocenters. The van der Waals surface area contributed by atoms with Crippen molar-refractivity contribution in [1.29, 1.82) is 0 Å². The number of hydrogen-bond acceptors (Lipinski definition) is 4. The maximum Gasteiger partial charge on any atom is 0.338 e. The lowest BCUT2D eigenvalue weighted by Gasteiger charge is -2.24. The summed E-state index contributed by atoms with van der Waals surface area (Å²) in [7, 11) is 0. The molecule has 2 aliphatic heterocycles. The minimum Gasteiger partial charge on any atom is -0.492 e. The van der Waals surface area contributed by atoms with E-state index in [1.54, 1.807) is 6.07 Å². The van der Waals surface area contributed by atoms with Crippen LogP contribution in [0.2, 0.25) is 0 Å². The molecule has 0 aromatic heterocycles. The normalized spacial score (nSPS) is 20.0. The third kappa shape index (κ3) is 3.15. The number of carbonyl (C=O) groups is 1. The van der Waals surface area contributed by atoms with E-state index < -0.39 is 0 Å². The number of fused-ring (bicyclic) bond motifs is 1. The summed E-state index contributed by atoms with van der Waals surface area (Å²) in [6.45, 7) is 3.13. The number of benzene rings is 2. The van der Waals surface area contributed by atoms with E-state index in [0.29, 0.717) is 24.8 Å². The van der Waals surface area contributed by atoms with Crippen molar-refractivity contribution in [3.05, 3.63) is 65.2 Å². The largest absolute Gasteiger partial charge is 0.492 e. The number of ether oxygens (including phenoxy) is 2. The molecule has 0 bridgehead atoms. The molecule has 0 amide bonds. The lowest BCUT2D eigenvalue weighted by molar-refractivity contribution is 0.0535. The van der Waals surface area contributed by atoms with E-state index in [0.717, 1.165) is 24.4 Å². The van der Waals surface area contributed by atoms with Crippen LogP contribution in [0.1, 0.15) is 34.3 Å². The van der Waals surface area contributed by atoms with Gasteiger partial charge in [0.15, 0.2) is 0 Å². The Hall–Kier alpha value is -2.33. The van der Waals surface area contributed by atoms with Crippen molar-refractivity contribution >= 4 is 5.97 Å². The molecule has 124 valence electrons. The second-order valence-corrected chi connectivity index (χ2v) is 6.46. The first kappa shape index (κ1) is 15.2. The first-order valence-corrected chi connectivity index (χ1v) is 8.50. The smallest absolute Gasteiger partial charge is 0.338 e. The van der Waals surface area contributed by atoms with Crippen LogP contribution in [0.5, 0.6) is 5.75 Å². The highest BCUT2D eigenvalue weighted by atomic mass is 16.5. The van der Waals surface area contributed by atoms with Crippen molar-refractivity contribution in [3.63, 3.8) is 0 Å². The highest BCUT2D eigenvalue weighted by Gasteiger charge is 2.26. The Bertz CT molecular complexity index is 729. The molecule has 24 heavy (non-hydrogen) atoms. The molecule has 0 saturated carbocycles. The molecule has 1 saturated heterocycles. The topological polar surface area (TPSA) is 38.8 Å². The standard InChI is InChI=1S/C20H21NO3/c22-20-19-9-8-18(11-16(19)13-24-20)23-14-17-7-4-10-21(17)12-15-5-2-1-3-6-15/h1-3,5-6,8-9,11,17H,4,7,10,12-14H2/t17-/m0/s1. The van der Waals surface area contributed by atoms with Gasteiger partial charge in [-0.05, 0) is 43.1 Å². The molecule has 2 aromatic carbocycles. The van der Waals surface area contributed by atoms with Crippen molar-refractivity contribution in [3.8, 4) is 5.75 Å². The van der Waals surface area contributed by atoms with Gasteiger partial charge in [-0.25, -0.2) is 4.79 Å². The van der Waals surface area contributed by atoms with E-state index in [-0.39, 0.29) is 5.97 Å². The molecule has 0 aliphatic carbocycles. The Kier molecular flexibility index (Phi) is 4.22. The SMILES string of the molecule is O=C1OCc2cc(OC[C@@H]3CCCN3Cc3ccccc3)ccc21. The van der Waals surface area contributed by atoms with E-state index in [4.69, 9.17) is 9.47 Å². The molecule has 2 aromatic rings. The Balaban J connectivity index is 1.37. The van der Waals surface area contributed by atoms with Gasteiger partial charge in [0, 0.05) is 18.2 Å². The zero-order chi connectivity index (χ0) is 16.4. The summed E-state index contributed by atoms with van der Waals surface area (Å²) in [5.41, 5.74) is 2.93. The van der Waals surface area contributed by atoms with Gasteiger partial charge in [-0.1, -0.05) is 30.3 Å². The van der Waals surface area contributed by atoms with Gasteiger partial charge in [-0.2, -0.15) is 0 Å². The van der Waals surface area contributed by atoms with Gasteiger partial charge < -0.3 is 9.47 Å². The van der Waals surface area contributed by atoms with Crippen LogP contribution in [0.3, 0.4) is 0 Å². The Morgan fingerprint density at radius 3 is 2.92 bits per heavy atom. The van der Waals surface area contributed by atoms with Gasteiger partial charge in [0.2, 0.25) is 0 Å². The molecule has 0 spiro atoms. The van der Waals surface area contributed by atoms with Crippen molar-refractivity contribution in [1.82, 2.24) is 4.90 Å². The van der Waals surface area contributed by atoms with Crippen molar-refractivity contribution in [2.24, 2.45) is 0 Å². The predicted octanol–water partition coefficient (Wildman–Crippen LogP) is 3.40. The number of likely N-dealkylation sites (tertiary alicyclic amines) is 1. The number of esters is 1. The Labute approximate surface area is 142 Å². The molecule has 4 heteroatoms. The van der Waals surface area contributed by atoms with Gasteiger partial charge in [0.1, 0.15) is 19.0 Å². The fraction of sp³-hybridized carbons (Fsp3) is 0.350. The number of rotatable bonds is 5. The van der Waals surface area contributed by atoms with E-state index in [9.17, 15) is 4.79 Å². The highest BCUT2D eigenvalue weighted by Crippen LogP contribution is 2.26. The van der Waals surface area contributed by atoms with Crippen molar-refractivity contribution in [2.75, 3.05) is 13.2 Å². The highest BCUT2D eigenvalue weighted by molar-refractivity contribution is 5.93. The van der Waals surface area contributed by atoms with Crippen LogP contribution >= 0.6 is 0 Å². The van der Waals surface area contributed by atoms with Crippen LogP contribution in [0.4, 0.5) is 0 Å². The fourth-order valence-corrected chi connectivity index (χ4v) is 3.50. The van der Waals surface area contributed by atoms with Crippen LogP contribution in [-0.2, 0) is 17.9 Å². The summed E-state index contributed by atoms with van der Waals surface area (Å²) >= 11 is 0. The Morgan fingerprint density at radius 2 is 2.04 bits per heavy atom. The summed E-state index contributed by atoms with van der Waals surface area (Å²) in [5.74, 6) is 0.583. The van der Waals surface area contributed by atoms with E-state index in [1.165, 1.54) is 18.4 Å². The van der Waals surface area contributed by atoms with Gasteiger partial charge in [-0.15, -0.1) is 0 Å². The zero-order valence-corrected chi connectivity index (χ0v) is 13.6. The van der Waals surface area contributed by atoms with Gasteiger partial charge >= 0.3 is 5.97 Å². The van der Waals surface area contributed by atoms with Gasteiger partial charge in [0.05, 0.1) is 5.56 Å². The second kappa shape index (κ2) is 6.65. The van der Waals surface area contributed by atoms with Gasteiger partial charge in [0.25, 0.3) is 0 Å². The average Bonchev–Trinajstić information content (AvgIpc) is 3.21. The molecule has 4 rings (SSSR count). The molecule has 0 N–H and O–H groups in total. The number of cyclic esters (lactones) is 1. The lowest BCUT2D eigenvalue weighted by Crippen LogP contribution is -2.33. The number of hydrogen-bond donors (Lipinski definition) is 0. The molecule has 4 nitrogen and oxygen atoms in total. The molecular weight excluding hydrogens is 302 g/mol. The van der Waals surface area contributed by atoms with E-state index >= 15 is 0 Å². The average molecular weight is 323 g/mol. The maximum absolute atomic E-state index is 11.5. The first-order valence-electron chi connectivity index (χ1n) is 8.50. The molecule has 1 fully saturated rings. The van der Waals surface area contributed by atoms with Crippen LogP contribution < -0.4 is 4.74 Å². The third-order valence-electron chi connectivity index (χ3n) is 4.83. The van der Waals surface area contributed by atoms with E-state index in [1.807, 2.05) is 12.1 Å². The van der Waals surface area contributed by atoms with Crippen molar-refractivity contribution in [2.45, 2.75) is 32.0 Å². The maximum atomic E-state index is 11.5. The molecular formula is C20H21NO3. The van der Waals surface area contributed by atoms with Crippen molar-refractivity contribution < 1.29 is 14.3 Å². The van der Waals surface area contributed by atoms with E-state index in [2.05, 4.69) is 35.2 Å². The number of carbonyl (C=O) groups excluding carboxylic acids is 1. The van der Waals surface area contributed by atoms with Gasteiger partial charge in [-0.3, -0.25) is 4.90 Å². The summed E-state index contributed by atoms with van der Waals surface area (Å²) in [4.78, 5) is 14.0. The second-order valence-electron chi connectivity index (χ2n) is 6.46. The summed E-state index contributed by atoms with van der Waals surface area (Å²) in [6, 6.07) is 16.6.